The van der Waals surface area contributed by atoms with Crippen LogP contribution in [0.5, 0.6) is 0 Å². The molecule has 0 radical (unpaired) electrons. The van der Waals surface area contributed by atoms with Crippen LogP contribution in [0.4, 0.5) is 0 Å². The maximum Gasteiger partial charge on any atom is 0.329 e. The molecular weight excluding hydrogens is 280 g/mol. The standard InChI is InChI=1S/C12H16N4O3S/c1-4-7-20-12-13-9-8(16(12)5-6-19-3)10(17)14-11(18)15(9)2/h4H,1,5-7H2,2-3H3,(H,14,17,18). The van der Waals surface area contributed by atoms with Crippen molar-refractivity contribution in [3.05, 3.63) is 33.5 Å². The summed E-state index contributed by atoms with van der Waals surface area (Å²) in [7, 11) is 3.17. The molecule has 0 spiro atoms. The second-order valence-corrected chi connectivity index (χ2v) is 5.12. The number of hydrogen-bond donors (Lipinski definition) is 1. The van der Waals surface area contributed by atoms with Crippen LogP contribution in [0.1, 0.15) is 0 Å². The summed E-state index contributed by atoms with van der Waals surface area (Å²) in [5.41, 5.74) is -0.145. The number of nitrogens with one attached hydrogen (secondary N) is 1. The summed E-state index contributed by atoms with van der Waals surface area (Å²) in [5.74, 6) is 0.669. The van der Waals surface area contributed by atoms with Crippen molar-refractivity contribution in [2.24, 2.45) is 7.05 Å². The Kier molecular flexibility index (Phi) is 4.46. The molecule has 108 valence electrons. The lowest BCUT2D eigenvalue weighted by molar-refractivity contribution is 0.186. The van der Waals surface area contributed by atoms with Gasteiger partial charge in [0.1, 0.15) is 0 Å². The molecule has 2 rings (SSSR count). The molecule has 1 N–H and O–H groups in total. The summed E-state index contributed by atoms with van der Waals surface area (Å²) in [4.78, 5) is 30.3. The summed E-state index contributed by atoms with van der Waals surface area (Å²) in [6, 6.07) is 0. The molecule has 0 bridgehead atoms. The van der Waals surface area contributed by atoms with Crippen LogP contribution < -0.4 is 11.2 Å². The third-order valence-electron chi connectivity index (χ3n) is 2.82. The number of aryl methyl sites for hydroxylation is 1. The molecule has 2 aromatic rings. The Labute approximate surface area is 119 Å². The Hall–Kier alpha value is -1.80. The highest BCUT2D eigenvalue weighted by Crippen LogP contribution is 2.21. The minimum atomic E-state index is -0.473. The fourth-order valence-corrected chi connectivity index (χ4v) is 2.60. The van der Waals surface area contributed by atoms with E-state index in [0.717, 1.165) is 0 Å². The molecule has 7 nitrogen and oxygen atoms in total. The zero-order chi connectivity index (χ0) is 14.7. The van der Waals surface area contributed by atoms with Gasteiger partial charge in [-0.15, -0.1) is 6.58 Å². The third-order valence-corrected chi connectivity index (χ3v) is 3.79. The predicted molar refractivity (Wildman–Crippen MR) is 78.4 cm³/mol. The molecule has 0 atom stereocenters. The van der Waals surface area contributed by atoms with Gasteiger partial charge in [0.15, 0.2) is 16.3 Å². The number of nitrogens with zero attached hydrogens (tertiary/aromatic N) is 3. The molecule has 0 aliphatic rings. The van der Waals surface area contributed by atoms with Crippen LogP contribution in [0.15, 0.2) is 27.4 Å². The quantitative estimate of drug-likeness (QED) is 0.614. The van der Waals surface area contributed by atoms with Crippen LogP contribution in [0, 0.1) is 0 Å². The minimum absolute atomic E-state index is 0.376. The van der Waals surface area contributed by atoms with E-state index < -0.39 is 11.2 Å². The molecule has 0 aliphatic carbocycles. The van der Waals surface area contributed by atoms with Crippen LogP contribution in [0.2, 0.25) is 0 Å². The molecule has 2 aromatic heterocycles. The van der Waals surface area contributed by atoms with Gasteiger partial charge in [-0.1, -0.05) is 17.8 Å². The van der Waals surface area contributed by atoms with E-state index in [1.165, 1.54) is 16.3 Å². The van der Waals surface area contributed by atoms with Crippen LogP contribution in [-0.4, -0.2) is 38.6 Å². The summed E-state index contributed by atoms with van der Waals surface area (Å²) in [6.07, 6.45) is 1.76. The summed E-state index contributed by atoms with van der Waals surface area (Å²) in [6.45, 7) is 4.61. The van der Waals surface area contributed by atoms with Gasteiger partial charge >= 0.3 is 5.69 Å². The molecule has 0 unspecified atom stereocenters. The molecule has 0 fully saturated rings. The largest absolute Gasteiger partial charge is 0.383 e. The van der Waals surface area contributed by atoms with E-state index in [0.29, 0.717) is 35.2 Å². The number of rotatable bonds is 6. The lowest BCUT2D eigenvalue weighted by Gasteiger charge is -2.06. The van der Waals surface area contributed by atoms with Gasteiger partial charge in [0.05, 0.1) is 6.61 Å². The number of H-pyrrole nitrogens is 1. The summed E-state index contributed by atoms with van der Waals surface area (Å²) in [5, 5.41) is 0.670. The van der Waals surface area contributed by atoms with Crippen LogP contribution in [0.25, 0.3) is 11.2 Å². The SMILES string of the molecule is C=CCSc1nc2c(c(=O)[nH]c(=O)n2C)n1CCOC. The smallest absolute Gasteiger partial charge is 0.329 e. The highest BCUT2D eigenvalue weighted by molar-refractivity contribution is 7.99. The van der Waals surface area contributed by atoms with Crippen LogP contribution in [-0.2, 0) is 18.3 Å². The fourth-order valence-electron chi connectivity index (χ4n) is 1.85. The van der Waals surface area contributed by atoms with E-state index in [2.05, 4.69) is 16.5 Å². The lowest BCUT2D eigenvalue weighted by atomic mass is 10.5. The van der Waals surface area contributed by atoms with Crippen molar-refractivity contribution in [2.75, 3.05) is 19.5 Å². The van der Waals surface area contributed by atoms with Gasteiger partial charge in [-0.25, -0.2) is 9.78 Å². The topological polar surface area (TPSA) is 81.9 Å². The first-order valence-corrected chi connectivity index (χ1v) is 7.01. The predicted octanol–water partition coefficient (Wildman–Crippen LogP) is 0.348. The molecule has 2 heterocycles. The highest BCUT2D eigenvalue weighted by Gasteiger charge is 2.16. The van der Waals surface area contributed by atoms with Gasteiger partial charge in [0.25, 0.3) is 5.56 Å². The van der Waals surface area contributed by atoms with Gasteiger partial charge in [-0.2, -0.15) is 0 Å². The number of aromatic amines is 1. The number of aromatic nitrogens is 4. The second kappa shape index (κ2) is 6.10. The summed E-state index contributed by atoms with van der Waals surface area (Å²) < 4.78 is 8.16. The Bertz CT molecular complexity index is 743. The van der Waals surface area contributed by atoms with Crippen molar-refractivity contribution in [2.45, 2.75) is 11.7 Å². The van der Waals surface area contributed by atoms with E-state index >= 15 is 0 Å². The van der Waals surface area contributed by atoms with Crippen molar-refractivity contribution in [1.82, 2.24) is 19.1 Å². The first-order chi connectivity index (χ1) is 9.60. The van der Waals surface area contributed by atoms with Crippen molar-refractivity contribution in [3.63, 3.8) is 0 Å². The minimum Gasteiger partial charge on any atom is -0.383 e. The zero-order valence-corrected chi connectivity index (χ0v) is 12.2. The van der Waals surface area contributed by atoms with Crippen LogP contribution >= 0.6 is 11.8 Å². The molecule has 0 aromatic carbocycles. The van der Waals surface area contributed by atoms with Crippen molar-refractivity contribution < 1.29 is 4.74 Å². The maximum atomic E-state index is 12.0. The second-order valence-electron chi connectivity index (χ2n) is 4.13. The molecule has 20 heavy (non-hydrogen) atoms. The summed E-state index contributed by atoms with van der Waals surface area (Å²) >= 11 is 1.46. The molecule has 0 amide bonds. The van der Waals surface area contributed by atoms with E-state index in [9.17, 15) is 9.59 Å². The fraction of sp³-hybridized carbons (Fsp3) is 0.417. The molecule has 0 saturated carbocycles. The lowest BCUT2D eigenvalue weighted by Crippen LogP contribution is -2.29. The number of thioether (sulfide) groups is 1. The van der Waals surface area contributed by atoms with Crippen molar-refractivity contribution >= 4 is 22.9 Å². The average molecular weight is 296 g/mol. The van der Waals surface area contributed by atoms with Crippen molar-refractivity contribution in [3.8, 4) is 0 Å². The molecule has 0 saturated heterocycles. The van der Waals surface area contributed by atoms with E-state index in [1.54, 1.807) is 24.8 Å². The number of ether oxygens (including phenoxy) is 1. The number of fused-ring (bicyclic) bond motifs is 1. The van der Waals surface area contributed by atoms with Gasteiger partial charge in [-0.3, -0.25) is 14.3 Å². The van der Waals surface area contributed by atoms with Gasteiger partial charge in [0, 0.05) is 26.5 Å². The number of hydrogen-bond acceptors (Lipinski definition) is 5. The maximum absolute atomic E-state index is 12.0. The van der Waals surface area contributed by atoms with Crippen molar-refractivity contribution in [1.29, 1.82) is 0 Å². The highest BCUT2D eigenvalue weighted by atomic mass is 32.2. The average Bonchev–Trinajstić information content (AvgIpc) is 2.79. The molecule has 0 aliphatic heterocycles. The number of methoxy groups -OCH3 is 1. The first-order valence-electron chi connectivity index (χ1n) is 6.02. The van der Waals surface area contributed by atoms with E-state index in [4.69, 9.17) is 4.74 Å². The van der Waals surface area contributed by atoms with Crippen LogP contribution in [0.3, 0.4) is 0 Å². The Morgan fingerprint density at radius 2 is 2.25 bits per heavy atom. The van der Waals surface area contributed by atoms with E-state index in [-0.39, 0.29) is 0 Å². The zero-order valence-electron chi connectivity index (χ0n) is 11.4. The first kappa shape index (κ1) is 14.6. The molecular formula is C12H16N4O3S. The van der Waals surface area contributed by atoms with Gasteiger partial charge in [0.2, 0.25) is 0 Å². The van der Waals surface area contributed by atoms with Gasteiger partial charge in [-0.05, 0) is 0 Å². The Morgan fingerprint density at radius 3 is 2.90 bits per heavy atom. The molecule has 8 heteroatoms. The monoisotopic (exact) mass is 296 g/mol. The van der Waals surface area contributed by atoms with E-state index in [1.807, 2.05) is 0 Å². The number of imidazole rings is 1. The normalized spacial score (nSPS) is 11.1. The third kappa shape index (κ3) is 2.56. The Balaban J connectivity index is 2.68. The Morgan fingerprint density at radius 1 is 1.50 bits per heavy atom. The van der Waals surface area contributed by atoms with Gasteiger partial charge < -0.3 is 9.30 Å².